The van der Waals surface area contributed by atoms with Gasteiger partial charge >= 0.3 is 5.97 Å². The van der Waals surface area contributed by atoms with Crippen molar-refractivity contribution in [2.75, 3.05) is 6.61 Å². The molecule has 5 nitrogen and oxygen atoms in total. The van der Waals surface area contributed by atoms with E-state index in [1.54, 1.807) is 23.7 Å². The van der Waals surface area contributed by atoms with Crippen LogP contribution in [0.25, 0.3) is 0 Å². The van der Waals surface area contributed by atoms with Crippen molar-refractivity contribution in [2.24, 2.45) is 0 Å². The predicted molar refractivity (Wildman–Crippen MR) is 103 cm³/mol. The number of rotatable bonds is 6. The first-order chi connectivity index (χ1) is 13.0. The molecule has 0 amide bonds. The Labute approximate surface area is 162 Å². The number of hydrogen-bond acceptors (Lipinski definition) is 4. The zero-order valence-electron chi connectivity index (χ0n) is 15.1. The molecular formula is C21H19ClN2O3. The highest BCUT2D eigenvalue weighted by Gasteiger charge is 2.22. The highest BCUT2D eigenvalue weighted by molar-refractivity contribution is 6.32. The normalized spacial score (nSPS) is 10.6. The molecule has 6 heteroatoms. The standard InChI is InChI=1S/C21H19ClN2O3/c1-14-8-10-17(11-9-14)18(25)13-27-21(26)19-15(2)23-24(20(19)22)12-16-6-4-3-5-7-16/h3-11H,12-13H2,1-2H3. The Morgan fingerprint density at radius 1 is 1.04 bits per heavy atom. The smallest absolute Gasteiger partial charge is 0.343 e. The topological polar surface area (TPSA) is 61.2 Å². The zero-order chi connectivity index (χ0) is 19.4. The molecule has 1 aromatic heterocycles. The third-order valence-corrected chi connectivity index (χ3v) is 4.54. The molecule has 0 saturated carbocycles. The molecular weight excluding hydrogens is 364 g/mol. The number of esters is 1. The van der Waals surface area contributed by atoms with E-state index in [4.69, 9.17) is 16.3 Å². The lowest BCUT2D eigenvalue weighted by Gasteiger charge is -2.06. The van der Waals surface area contributed by atoms with Crippen molar-refractivity contribution in [3.63, 3.8) is 0 Å². The van der Waals surface area contributed by atoms with Crippen LogP contribution < -0.4 is 0 Å². The molecule has 3 aromatic rings. The number of aryl methyl sites for hydroxylation is 2. The van der Waals surface area contributed by atoms with Gasteiger partial charge in [0.2, 0.25) is 0 Å². The Morgan fingerprint density at radius 2 is 1.70 bits per heavy atom. The third-order valence-electron chi connectivity index (χ3n) is 4.15. The summed E-state index contributed by atoms with van der Waals surface area (Å²) >= 11 is 6.34. The molecule has 0 atom stereocenters. The number of aromatic nitrogens is 2. The summed E-state index contributed by atoms with van der Waals surface area (Å²) in [5, 5.41) is 4.52. The fourth-order valence-electron chi connectivity index (χ4n) is 2.67. The van der Waals surface area contributed by atoms with Crippen molar-refractivity contribution in [1.29, 1.82) is 0 Å². The van der Waals surface area contributed by atoms with Crippen molar-refractivity contribution in [2.45, 2.75) is 20.4 Å². The second-order valence-electron chi connectivity index (χ2n) is 6.26. The first-order valence-electron chi connectivity index (χ1n) is 8.49. The number of carbonyl (C=O) groups excluding carboxylic acids is 2. The van der Waals surface area contributed by atoms with Crippen LogP contribution in [0.5, 0.6) is 0 Å². The van der Waals surface area contributed by atoms with Gasteiger partial charge in [0.25, 0.3) is 0 Å². The van der Waals surface area contributed by atoms with Crippen LogP contribution in [0, 0.1) is 13.8 Å². The molecule has 2 aromatic carbocycles. The molecule has 0 saturated heterocycles. The third kappa shape index (κ3) is 4.44. The number of carbonyl (C=O) groups is 2. The molecule has 138 valence electrons. The molecule has 0 radical (unpaired) electrons. The predicted octanol–water partition coefficient (Wildman–Crippen LogP) is 4.24. The van der Waals surface area contributed by atoms with Crippen molar-refractivity contribution in [1.82, 2.24) is 9.78 Å². The van der Waals surface area contributed by atoms with E-state index >= 15 is 0 Å². The molecule has 1 heterocycles. The fourth-order valence-corrected chi connectivity index (χ4v) is 2.98. The number of ether oxygens (including phenoxy) is 1. The zero-order valence-corrected chi connectivity index (χ0v) is 15.9. The van der Waals surface area contributed by atoms with Crippen molar-refractivity contribution < 1.29 is 14.3 Å². The first-order valence-corrected chi connectivity index (χ1v) is 8.87. The molecule has 27 heavy (non-hydrogen) atoms. The van der Waals surface area contributed by atoms with E-state index < -0.39 is 5.97 Å². The van der Waals surface area contributed by atoms with Gasteiger partial charge in [-0.15, -0.1) is 0 Å². The fraction of sp³-hybridized carbons (Fsp3) is 0.190. The highest BCUT2D eigenvalue weighted by atomic mass is 35.5. The summed E-state index contributed by atoms with van der Waals surface area (Å²) in [5.41, 5.74) is 3.21. The molecule has 0 fully saturated rings. The van der Waals surface area contributed by atoms with Crippen LogP contribution in [0.2, 0.25) is 5.15 Å². The molecule has 0 spiro atoms. The number of halogens is 1. The SMILES string of the molecule is Cc1ccc(C(=O)COC(=O)c2c(C)nn(Cc3ccccc3)c2Cl)cc1. The maximum absolute atomic E-state index is 12.4. The van der Waals surface area contributed by atoms with Crippen LogP contribution in [0.3, 0.4) is 0 Å². The van der Waals surface area contributed by atoms with E-state index in [-0.39, 0.29) is 23.1 Å². The molecule has 0 aliphatic heterocycles. The lowest BCUT2D eigenvalue weighted by Crippen LogP contribution is -2.15. The van der Waals surface area contributed by atoms with Gasteiger partial charge in [0, 0.05) is 5.56 Å². The molecule has 0 unspecified atom stereocenters. The van der Waals surface area contributed by atoms with Crippen molar-refractivity contribution >= 4 is 23.4 Å². The Bertz CT molecular complexity index is 963. The largest absolute Gasteiger partial charge is 0.454 e. The summed E-state index contributed by atoms with van der Waals surface area (Å²) < 4.78 is 6.72. The van der Waals surface area contributed by atoms with Gasteiger partial charge in [-0.3, -0.25) is 4.79 Å². The molecule has 0 aliphatic rings. The number of benzene rings is 2. The van der Waals surface area contributed by atoms with E-state index in [1.807, 2.05) is 49.4 Å². The monoisotopic (exact) mass is 382 g/mol. The summed E-state index contributed by atoms with van der Waals surface area (Å²) in [4.78, 5) is 24.6. The van der Waals surface area contributed by atoms with Gasteiger partial charge in [-0.05, 0) is 19.4 Å². The summed E-state index contributed by atoms with van der Waals surface area (Å²) in [5.74, 6) is -0.925. The summed E-state index contributed by atoms with van der Waals surface area (Å²) in [6.45, 7) is 3.72. The number of hydrogen-bond donors (Lipinski definition) is 0. The highest BCUT2D eigenvalue weighted by Crippen LogP contribution is 2.22. The Hall–Kier alpha value is -2.92. The average Bonchev–Trinajstić information content (AvgIpc) is 2.94. The van der Waals surface area contributed by atoms with E-state index in [0.717, 1.165) is 11.1 Å². The van der Waals surface area contributed by atoms with Crippen LogP contribution in [-0.2, 0) is 11.3 Å². The first kappa shape index (κ1) is 18.9. The van der Waals surface area contributed by atoms with Gasteiger partial charge in [0.1, 0.15) is 10.7 Å². The molecule has 0 aliphatic carbocycles. The van der Waals surface area contributed by atoms with Gasteiger partial charge in [0.15, 0.2) is 12.4 Å². The van der Waals surface area contributed by atoms with Gasteiger partial charge in [-0.25, -0.2) is 9.48 Å². The second-order valence-corrected chi connectivity index (χ2v) is 6.62. The lowest BCUT2D eigenvalue weighted by molar-refractivity contribution is 0.0474. The van der Waals surface area contributed by atoms with Gasteiger partial charge in [0.05, 0.1) is 12.2 Å². The number of nitrogens with zero attached hydrogens (tertiary/aromatic N) is 2. The van der Waals surface area contributed by atoms with Crippen molar-refractivity contribution in [3.8, 4) is 0 Å². The van der Waals surface area contributed by atoms with E-state index in [1.165, 1.54) is 0 Å². The van der Waals surface area contributed by atoms with Gasteiger partial charge in [-0.2, -0.15) is 5.10 Å². The van der Waals surface area contributed by atoms with Crippen LogP contribution >= 0.6 is 11.6 Å². The van der Waals surface area contributed by atoms with E-state index in [0.29, 0.717) is 17.8 Å². The maximum atomic E-state index is 12.4. The quantitative estimate of drug-likeness (QED) is 0.472. The summed E-state index contributed by atoms with van der Waals surface area (Å²) in [6.07, 6.45) is 0. The molecule has 0 N–H and O–H groups in total. The average molecular weight is 383 g/mol. The minimum absolute atomic E-state index is 0.185. The summed E-state index contributed by atoms with van der Waals surface area (Å²) in [7, 11) is 0. The minimum Gasteiger partial charge on any atom is -0.454 e. The van der Waals surface area contributed by atoms with Gasteiger partial charge in [-0.1, -0.05) is 71.8 Å². The molecule has 0 bridgehead atoms. The Kier molecular flexibility index (Phi) is 5.72. The minimum atomic E-state index is -0.655. The number of Topliss-reactive ketones (excluding diaryl/α,β-unsaturated/α-hetero) is 1. The van der Waals surface area contributed by atoms with Crippen LogP contribution in [-0.4, -0.2) is 28.1 Å². The van der Waals surface area contributed by atoms with Crippen LogP contribution in [0.4, 0.5) is 0 Å². The number of ketones is 1. The van der Waals surface area contributed by atoms with Gasteiger partial charge < -0.3 is 4.74 Å². The van der Waals surface area contributed by atoms with Crippen LogP contribution in [0.1, 0.15) is 37.5 Å². The van der Waals surface area contributed by atoms with E-state index in [2.05, 4.69) is 5.10 Å². The van der Waals surface area contributed by atoms with E-state index in [9.17, 15) is 9.59 Å². The lowest BCUT2D eigenvalue weighted by atomic mass is 10.1. The second kappa shape index (κ2) is 8.18. The Balaban J connectivity index is 1.69. The molecule has 3 rings (SSSR count). The summed E-state index contributed by atoms with van der Waals surface area (Å²) in [6, 6.07) is 16.8. The van der Waals surface area contributed by atoms with Crippen molar-refractivity contribution in [3.05, 3.63) is 87.7 Å². The maximum Gasteiger partial charge on any atom is 0.343 e. The van der Waals surface area contributed by atoms with Crippen LogP contribution in [0.15, 0.2) is 54.6 Å². The Morgan fingerprint density at radius 3 is 2.37 bits per heavy atom.